The van der Waals surface area contributed by atoms with Gasteiger partial charge in [0, 0.05) is 26.2 Å². The number of hydrogen-bond donors (Lipinski definition) is 0. The summed E-state index contributed by atoms with van der Waals surface area (Å²) in [5, 5.41) is 4.14. The number of esters is 2. The van der Waals surface area contributed by atoms with Gasteiger partial charge in [0.25, 0.3) is 5.79 Å². The summed E-state index contributed by atoms with van der Waals surface area (Å²) >= 11 is 0. The number of benzene rings is 1. The fourth-order valence-corrected chi connectivity index (χ4v) is 2.25. The van der Waals surface area contributed by atoms with Crippen LogP contribution in [-0.4, -0.2) is 27.5 Å². The fraction of sp³-hybridized carbons (Fsp3) is 0.235. The zero-order chi connectivity index (χ0) is 16.4. The molecule has 1 saturated heterocycles. The van der Waals surface area contributed by atoms with E-state index in [0.29, 0.717) is 6.54 Å². The number of hydrogen-bond acceptors (Lipinski definition) is 5. The van der Waals surface area contributed by atoms with Gasteiger partial charge in [0.2, 0.25) is 0 Å². The molecule has 0 unspecified atom stereocenters. The number of rotatable bonds is 3. The molecular formula is C17H16N2O4. The van der Waals surface area contributed by atoms with Crippen LogP contribution in [-0.2, 0) is 25.6 Å². The van der Waals surface area contributed by atoms with E-state index in [1.54, 1.807) is 6.20 Å². The molecule has 1 aliphatic rings. The summed E-state index contributed by atoms with van der Waals surface area (Å²) in [7, 11) is 0. The summed E-state index contributed by atoms with van der Waals surface area (Å²) in [6.45, 7) is 3.69. The lowest BCUT2D eigenvalue weighted by Gasteiger charge is -2.29. The summed E-state index contributed by atoms with van der Waals surface area (Å²) in [5.74, 6) is -2.57. The van der Waals surface area contributed by atoms with E-state index in [2.05, 4.69) is 5.10 Å². The second-order valence-corrected chi connectivity index (χ2v) is 5.68. The first-order valence-corrected chi connectivity index (χ1v) is 7.18. The molecular weight excluding hydrogens is 296 g/mol. The van der Waals surface area contributed by atoms with Crippen molar-refractivity contribution in [2.45, 2.75) is 26.2 Å². The standard InChI is InChI=1S/C17H16N2O4/c1-17(2)22-15(20)14(16(21)23-17)10-12-4-6-13(7-5-12)11-19-9-3-8-18-19/h3-10H,11H2,1-2H3. The fourth-order valence-electron chi connectivity index (χ4n) is 2.25. The highest BCUT2D eigenvalue weighted by Crippen LogP contribution is 2.24. The monoisotopic (exact) mass is 312 g/mol. The Kier molecular flexibility index (Phi) is 3.73. The van der Waals surface area contributed by atoms with Crippen LogP contribution >= 0.6 is 0 Å². The average molecular weight is 312 g/mol. The molecule has 0 spiro atoms. The van der Waals surface area contributed by atoms with Gasteiger partial charge in [-0.25, -0.2) is 9.59 Å². The average Bonchev–Trinajstić information content (AvgIpc) is 2.96. The first-order chi connectivity index (χ1) is 10.9. The largest absolute Gasteiger partial charge is 0.419 e. The van der Waals surface area contributed by atoms with E-state index in [9.17, 15) is 9.59 Å². The molecule has 0 amide bonds. The van der Waals surface area contributed by atoms with Gasteiger partial charge in [0.1, 0.15) is 5.57 Å². The highest BCUT2D eigenvalue weighted by Gasteiger charge is 2.38. The van der Waals surface area contributed by atoms with Crippen LogP contribution < -0.4 is 0 Å². The highest BCUT2D eigenvalue weighted by molar-refractivity contribution is 6.18. The van der Waals surface area contributed by atoms with Crippen molar-refractivity contribution in [2.75, 3.05) is 0 Å². The molecule has 0 atom stereocenters. The van der Waals surface area contributed by atoms with E-state index in [1.165, 1.54) is 19.9 Å². The molecule has 3 rings (SSSR count). The maximum Gasteiger partial charge on any atom is 0.348 e. The van der Waals surface area contributed by atoms with Crippen LogP contribution in [0.25, 0.3) is 6.08 Å². The SMILES string of the molecule is CC1(C)OC(=O)C(=Cc2ccc(Cn3cccn3)cc2)C(=O)O1. The minimum atomic E-state index is -1.22. The summed E-state index contributed by atoms with van der Waals surface area (Å²) in [6, 6.07) is 9.34. The molecule has 1 aromatic heterocycles. The molecule has 1 fully saturated rings. The Morgan fingerprint density at radius 1 is 1.13 bits per heavy atom. The Hall–Kier alpha value is -2.89. The van der Waals surface area contributed by atoms with Crippen LogP contribution in [0.1, 0.15) is 25.0 Å². The van der Waals surface area contributed by atoms with Crippen molar-refractivity contribution in [3.8, 4) is 0 Å². The quantitative estimate of drug-likeness (QED) is 0.493. The van der Waals surface area contributed by atoms with Gasteiger partial charge < -0.3 is 9.47 Å². The maximum atomic E-state index is 11.9. The summed E-state index contributed by atoms with van der Waals surface area (Å²) in [6.07, 6.45) is 5.07. The van der Waals surface area contributed by atoms with Crippen LogP contribution in [0.3, 0.4) is 0 Å². The second-order valence-electron chi connectivity index (χ2n) is 5.68. The van der Waals surface area contributed by atoms with Crippen molar-refractivity contribution in [1.29, 1.82) is 0 Å². The lowest BCUT2D eigenvalue weighted by Crippen LogP contribution is -2.41. The second kappa shape index (κ2) is 5.72. The molecule has 6 nitrogen and oxygen atoms in total. The Morgan fingerprint density at radius 3 is 2.35 bits per heavy atom. The van der Waals surface area contributed by atoms with Gasteiger partial charge in [0.05, 0.1) is 6.54 Å². The smallest absolute Gasteiger partial charge is 0.348 e. The van der Waals surface area contributed by atoms with Gasteiger partial charge in [-0.15, -0.1) is 0 Å². The molecule has 0 saturated carbocycles. The van der Waals surface area contributed by atoms with E-state index < -0.39 is 17.7 Å². The number of carbonyl (C=O) groups excluding carboxylic acids is 2. The van der Waals surface area contributed by atoms with Crippen LogP contribution in [0.5, 0.6) is 0 Å². The topological polar surface area (TPSA) is 70.4 Å². The van der Waals surface area contributed by atoms with Gasteiger partial charge in [-0.3, -0.25) is 4.68 Å². The highest BCUT2D eigenvalue weighted by atomic mass is 16.7. The predicted octanol–water partition coefficient (Wildman–Crippen LogP) is 2.15. The van der Waals surface area contributed by atoms with Crippen molar-refractivity contribution >= 4 is 18.0 Å². The first kappa shape index (κ1) is 15.0. The normalized spacial score (nSPS) is 16.7. The third-order valence-corrected chi connectivity index (χ3v) is 3.31. The minimum absolute atomic E-state index is 0.107. The zero-order valence-corrected chi connectivity index (χ0v) is 12.9. The molecule has 1 aromatic carbocycles. The molecule has 6 heteroatoms. The summed E-state index contributed by atoms with van der Waals surface area (Å²) in [5.41, 5.74) is 1.67. The van der Waals surface area contributed by atoms with Crippen molar-refractivity contribution in [3.05, 3.63) is 59.4 Å². The number of carbonyl (C=O) groups is 2. The molecule has 1 aliphatic heterocycles. The van der Waals surface area contributed by atoms with E-state index in [4.69, 9.17) is 9.47 Å². The molecule has 0 aliphatic carbocycles. The van der Waals surface area contributed by atoms with E-state index in [0.717, 1.165) is 11.1 Å². The van der Waals surface area contributed by atoms with Crippen LogP contribution in [0.2, 0.25) is 0 Å². The minimum Gasteiger partial charge on any atom is -0.419 e. The van der Waals surface area contributed by atoms with Gasteiger partial charge in [-0.2, -0.15) is 5.10 Å². The Bertz CT molecular complexity index is 736. The molecule has 0 N–H and O–H groups in total. The predicted molar refractivity (Wildman–Crippen MR) is 82.0 cm³/mol. The van der Waals surface area contributed by atoms with Gasteiger partial charge in [-0.1, -0.05) is 24.3 Å². The third-order valence-electron chi connectivity index (χ3n) is 3.31. The van der Waals surface area contributed by atoms with Crippen LogP contribution in [0, 0.1) is 0 Å². The maximum absolute atomic E-state index is 11.9. The van der Waals surface area contributed by atoms with Crippen molar-refractivity contribution in [2.24, 2.45) is 0 Å². The van der Waals surface area contributed by atoms with Gasteiger partial charge in [0.15, 0.2) is 0 Å². The lowest BCUT2D eigenvalue weighted by molar-refractivity contribution is -0.222. The van der Waals surface area contributed by atoms with E-state index >= 15 is 0 Å². The molecule has 0 radical (unpaired) electrons. The van der Waals surface area contributed by atoms with Crippen LogP contribution in [0.4, 0.5) is 0 Å². The number of cyclic esters (lactones) is 2. The molecule has 2 heterocycles. The Labute approximate surface area is 133 Å². The van der Waals surface area contributed by atoms with Gasteiger partial charge >= 0.3 is 11.9 Å². The molecule has 2 aromatic rings. The molecule has 0 bridgehead atoms. The Morgan fingerprint density at radius 2 is 1.78 bits per heavy atom. The van der Waals surface area contributed by atoms with Crippen molar-refractivity contribution in [3.63, 3.8) is 0 Å². The molecule has 118 valence electrons. The van der Waals surface area contributed by atoms with Crippen molar-refractivity contribution < 1.29 is 19.1 Å². The first-order valence-electron chi connectivity index (χ1n) is 7.18. The molecule has 23 heavy (non-hydrogen) atoms. The zero-order valence-electron chi connectivity index (χ0n) is 12.9. The number of ether oxygens (including phenoxy) is 2. The summed E-state index contributed by atoms with van der Waals surface area (Å²) < 4.78 is 11.9. The third kappa shape index (κ3) is 3.48. The number of nitrogens with zero attached hydrogens (tertiary/aromatic N) is 2. The van der Waals surface area contributed by atoms with E-state index in [-0.39, 0.29) is 5.57 Å². The summed E-state index contributed by atoms with van der Waals surface area (Å²) in [4.78, 5) is 23.8. The lowest BCUT2D eigenvalue weighted by atomic mass is 10.1. The van der Waals surface area contributed by atoms with Crippen molar-refractivity contribution in [1.82, 2.24) is 9.78 Å². The number of aromatic nitrogens is 2. The van der Waals surface area contributed by atoms with Crippen LogP contribution in [0.15, 0.2) is 48.3 Å². The van der Waals surface area contributed by atoms with E-state index in [1.807, 2.05) is 41.2 Å². The Balaban J connectivity index is 1.77. The van der Waals surface area contributed by atoms with Gasteiger partial charge in [-0.05, 0) is 23.3 Å².